The monoisotopic (exact) mass is 532 g/mol. The lowest BCUT2D eigenvalue weighted by Crippen LogP contribution is -2.24. The van der Waals surface area contributed by atoms with Crippen molar-refractivity contribution in [1.82, 2.24) is 24.5 Å². The average molecular weight is 534 g/mol. The summed E-state index contributed by atoms with van der Waals surface area (Å²) in [7, 11) is 0.413. The van der Waals surface area contributed by atoms with Crippen molar-refractivity contribution in [2.24, 2.45) is 0 Å². The molecule has 0 saturated heterocycles. The molecule has 3 heterocycles. The van der Waals surface area contributed by atoms with E-state index in [-0.39, 0.29) is 5.41 Å². The van der Waals surface area contributed by atoms with Crippen LogP contribution in [-0.2, 0) is 16.9 Å². The molecule has 1 N–H and O–H groups in total. The van der Waals surface area contributed by atoms with E-state index in [9.17, 15) is 0 Å². The Morgan fingerprint density at radius 3 is 2.48 bits per heavy atom. The van der Waals surface area contributed by atoms with Gasteiger partial charge in [-0.2, -0.15) is 0 Å². The molecule has 10 heteroatoms. The van der Waals surface area contributed by atoms with Gasteiger partial charge in [-0.05, 0) is 34.1 Å². The van der Waals surface area contributed by atoms with E-state index in [4.69, 9.17) is 19.4 Å². The topological polar surface area (TPSA) is 87.0 Å². The van der Waals surface area contributed by atoms with Gasteiger partial charge < -0.3 is 19.4 Å². The molecule has 3 rings (SSSR count). The van der Waals surface area contributed by atoms with Crippen LogP contribution in [-0.4, -0.2) is 46.3 Å². The fourth-order valence-corrected chi connectivity index (χ4v) is 4.52. The van der Waals surface area contributed by atoms with E-state index in [0.717, 1.165) is 40.2 Å². The summed E-state index contributed by atoms with van der Waals surface area (Å²) in [6.07, 6.45) is 3.40. The third-order valence-corrected chi connectivity index (χ3v) is 7.17. The molecule has 3 aromatic rings. The number of pyridine rings is 1. The normalized spacial score (nSPS) is 12.1. The van der Waals surface area contributed by atoms with E-state index in [1.54, 1.807) is 25.6 Å². The lowest BCUT2D eigenvalue weighted by molar-refractivity contribution is 0.0841. The first-order chi connectivity index (χ1) is 15.5. The molecule has 33 heavy (non-hydrogen) atoms. The zero-order valence-electron chi connectivity index (χ0n) is 20.4. The molecule has 0 aliphatic rings. The lowest BCUT2D eigenvalue weighted by atomic mass is 9.96. The van der Waals surface area contributed by atoms with Crippen molar-refractivity contribution in [2.45, 2.75) is 58.6 Å². The number of aromatic nitrogens is 5. The highest BCUT2D eigenvalue weighted by molar-refractivity contribution is 9.10. The largest absolute Gasteiger partial charge is 0.481 e. The predicted octanol–water partition coefficient (Wildman–Crippen LogP) is 5.86. The van der Waals surface area contributed by atoms with Crippen LogP contribution in [0.2, 0.25) is 25.7 Å². The summed E-state index contributed by atoms with van der Waals surface area (Å²) in [6.45, 7) is 14.6. The van der Waals surface area contributed by atoms with E-state index in [2.05, 4.69) is 76.2 Å². The molecule has 0 unspecified atom stereocenters. The molecule has 0 fully saturated rings. The Labute approximate surface area is 205 Å². The number of halogens is 1. The second-order valence-corrected chi connectivity index (χ2v) is 16.5. The number of anilines is 2. The van der Waals surface area contributed by atoms with Crippen molar-refractivity contribution in [2.75, 3.05) is 19.0 Å². The molecule has 0 saturated carbocycles. The van der Waals surface area contributed by atoms with Gasteiger partial charge in [0.1, 0.15) is 22.9 Å². The van der Waals surface area contributed by atoms with Crippen LogP contribution in [0.3, 0.4) is 0 Å². The highest BCUT2D eigenvalue weighted by Crippen LogP contribution is 2.33. The van der Waals surface area contributed by atoms with Crippen LogP contribution in [0.1, 0.15) is 26.6 Å². The molecular weight excluding hydrogens is 500 g/mol. The Hall–Kier alpha value is -2.30. The summed E-state index contributed by atoms with van der Waals surface area (Å²) in [5.74, 6) is 1.92. The highest BCUT2D eigenvalue weighted by Gasteiger charge is 2.27. The Morgan fingerprint density at radius 1 is 1.09 bits per heavy atom. The lowest BCUT2D eigenvalue weighted by Gasteiger charge is -2.22. The maximum absolute atomic E-state index is 6.12. The quantitative estimate of drug-likeness (QED) is 0.272. The summed E-state index contributed by atoms with van der Waals surface area (Å²) in [6, 6.07) is 6.62. The second-order valence-electron chi connectivity index (χ2n) is 10.1. The number of ether oxygens (including phenoxy) is 2. The first kappa shape index (κ1) is 25.3. The van der Waals surface area contributed by atoms with Gasteiger partial charge in [0.05, 0.1) is 12.8 Å². The maximum atomic E-state index is 6.12. The fraction of sp³-hybridized carbons (Fsp3) is 0.478. The first-order valence-corrected chi connectivity index (χ1v) is 15.4. The minimum absolute atomic E-state index is 0.162. The smallest absolute Gasteiger partial charge is 0.227 e. The van der Waals surface area contributed by atoms with Crippen LogP contribution >= 0.6 is 15.9 Å². The third kappa shape index (κ3) is 6.84. The molecule has 3 aromatic heterocycles. The fourth-order valence-electron chi connectivity index (χ4n) is 3.18. The van der Waals surface area contributed by atoms with E-state index >= 15 is 0 Å². The number of rotatable bonds is 9. The van der Waals surface area contributed by atoms with Gasteiger partial charge in [-0.25, -0.2) is 19.9 Å². The molecule has 0 atom stereocenters. The van der Waals surface area contributed by atoms with Crippen LogP contribution < -0.4 is 10.1 Å². The summed E-state index contributed by atoms with van der Waals surface area (Å²) in [4.78, 5) is 18.1. The molecule has 178 valence electrons. The SMILES string of the molecule is COc1cc(Nc2nccc(-c3c(Br)nc(C(C)(C)C)n3COCC[Si](C)(C)C)n2)ccn1. The maximum Gasteiger partial charge on any atom is 0.227 e. The van der Waals surface area contributed by atoms with Crippen molar-refractivity contribution in [3.8, 4) is 17.3 Å². The second kappa shape index (κ2) is 10.3. The molecule has 0 aliphatic carbocycles. The summed E-state index contributed by atoms with van der Waals surface area (Å²) in [5.41, 5.74) is 2.24. The van der Waals surface area contributed by atoms with E-state index in [1.165, 1.54) is 0 Å². The molecule has 8 nitrogen and oxygen atoms in total. The van der Waals surface area contributed by atoms with Gasteiger partial charge in [-0.1, -0.05) is 40.4 Å². The molecule has 0 radical (unpaired) electrons. The zero-order chi connectivity index (χ0) is 24.2. The Balaban J connectivity index is 1.92. The predicted molar refractivity (Wildman–Crippen MR) is 138 cm³/mol. The number of nitrogens with one attached hydrogen (secondary N) is 1. The van der Waals surface area contributed by atoms with Crippen LogP contribution in [0, 0.1) is 0 Å². The standard InChI is InChI=1S/C23H33BrN6O2Si/c1-23(2,3)21-29-20(24)19(30(21)15-32-12-13-33(5,6)7)17-9-11-26-22(28-17)27-16-8-10-25-18(14-16)31-4/h8-11,14H,12-13,15H2,1-7H3,(H,25,26,27,28). The molecular formula is C23H33BrN6O2Si. The van der Waals surface area contributed by atoms with Crippen LogP contribution in [0.15, 0.2) is 35.2 Å². The number of nitrogens with zero attached hydrogens (tertiary/aromatic N) is 5. The molecule has 0 aliphatic heterocycles. The first-order valence-electron chi connectivity index (χ1n) is 10.9. The number of hydrogen-bond donors (Lipinski definition) is 1. The Bertz CT molecular complexity index is 1090. The van der Waals surface area contributed by atoms with Gasteiger partial charge in [-0.3, -0.25) is 0 Å². The van der Waals surface area contributed by atoms with Crippen molar-refractivity contribution < 1.29 is 9.47 Å². The summed E-state index contributed by atoms with van der Waals surface area (Å²) >= 11 is 3.66. The van der Waals surface area contributed by atoms with Gasteiger partial charge in [0, 0.05) is 44.2 Å². The van der Waals surface area contributed by atoms with E-state index < -0.39 is 8.07 Å². The van der Waals surface area contributed by atoms with Crippen molar-refractivity contribution >= 4 is 35.6 Å². The summed E-state index contributed by atoms with van der Waals surface area (Å²) < 4.78 is 14.2. The molecule has 0 amide bonds. The van der Waals surface area contributed by atoms with Crippen molar-refractivity contribution in [3.05, 3.63) is 41.0 Å². The third-order valence-electron chi connectivity index (χ3n) is 4.91. The summed E-state index contributed by atoms with van der Waals surface area (Å²) in [5, 5.41) is 3.22. The minimum atomic E-state index is -1.17. The number of methoxy groups -OCH3 is 1. The van der Waals surface area contributed by atoms with E-state index in [0.29, 0.717) is 18.6 Å². The number of hydrogen-bond acceptors (Lipinski definition) is 7. The van der Waals surface area contributed by atoms with Crippen LogP contribution in [0.5, 0.6) is 5.88 Å². The minimum Gasteiger partial charge on any atom is -0.481 e. The van der Waals surface area contributed by atoms with Gasteiger partial charge in [0.15, 0.2) is 0 Å². The zero-order valence-corrected chi connectivity index (χ0v) is 23.0. The van der Waals surface area contributed by atoms with Crippen LogP contribution in [0.4, 0.5) is 11.6 Å². The highest BCUT2D eigenvalue weighted by atomic mass is 79.9. The van der Waals surface area contributed by atoms with Gasteiger partial charge in [0.2, 0.25) is 11.8 Å². The number of imidazole rings is 1. The Kier molecular flexibility index (Phi) is 7.91. The van der Waals surface area contributed by atoms with E-state index in [1.807, 2.05) is 12.1 Å². The molecule has 0 aromatic carbocycles. The van der Waals surface area contributed by atoms with Crippen LogP contribution in [0.25, 0.3) is 11.4 Å². The average Bonchev–Trinajstić information content (AvgIpc) is 3.07. The molecule has 0 bridgehead atoms. The van der Waals surface area contributed by atoms with Gasteiger partial charge in [0.25, 0.3) is 0 Å². The van der Waals surface area contributed by atoms with Crippen molar-refractivity contribution in [3.63, 3.8) is 0 Å². The van der Waals surface area contributed by atoms with Crippen molar-refractivity contribution in [1.29, 1.82) is 0 Å². The molecule has 0 spiro atoms. The van der Waals surface area contributed by atoms with Gasteiger partial charge >= 0.3 is 0 Å². The Morgan fingerprint density at radius 2 is 1.82 bits per heavy atom. The van der Waals surface area contributed by atoms with Gasteiger partial charge in [-0.15, -0.1) is 0 Å².